The van der Waals surface area contributed by atoms with E-state index in [2.05, 4.69) is 9.88 Å². The second-order valence-corrected chi connectivity index (χ2v) is 4.93. The summed E-state index contributed by atoms with van der Waals surface area (Å²) < 4.78 is 5.79. The summed E-state index contributed by atoms with van der Waals surface area (Å²) in [6, 6.07) is 10.2. The monoisotopic (exact) mass is 258 g/mol. The first-order valence-corrected chi connectivity index (χ1v) is 6.72. The van der Waals surface area contributed by atoms with Gasteiger partial charge in [-0.3, -0.25) is 4.90 Å². The van der Waals surface area contributed by atoms with Crippen LogP contribution in [0.25, 0.3) is 11.3 Å². The third-order valence-corrected chi connectivity index (χ3v) is 3.66. The Morgan fingerprint density at radius 1 is 1.32 bits per heavy atom. The van der Waals surface area contributed by atoms with E-state index in [9.17, 15) is 5.11 Å². The highest BCUT2D eigenvalue weighted by Crippen LogP contribution is 2.23. The van der Waals surface area contributed by atoms with E-state index in [0.29, 0.717) is 6.54 Å². The number of rotatable bonds is 4. The quantitative estimate of drug-likeness (QED) is 0.914. The predicted octanol–water partition coefficient (Wildman–Crippen LogP) is 2.30. The number of benzene rings is 1. The minimum atomic E-state index is 0.215. The molecule has 4 nitrogen and oxygen atoms in total. The molecule has 0 amide bonds. The standard InChI is InChI=1S/C15H18N2O2/c18-11-13-7-4-8-17(13)10-15-16-9-14(19-15)12-5-2-1-3-6-12/h1-3,5-6,9,13,18H,4,7-8,10-11H2/t13-/m0/s1. The average molecular weight is 258 g/mol. The Labute approximate surface area is 112 Å². The van der Waals surface area contributed by atoms with Gasteiger partial charge in [0.05, 0.1) is 19.3 Å². The van der Waals surface area contributed by atoms with Gasteiger partial charge in [0, 0.05) is 11.6 Å². The molecule has 100 valence electrons. The lowest BCUT2D eigenvalue weighted by Crippen LogP contribution is -2.31. The third-order valence-electron chi connectivity index (χ3n) is 3.66. The number of oxazole rings is 1. The number of aliphatic hydroxyl groups excluding tert-OH is 1. The molecular formula is C15H18N2O2. The summed E-state index contributed by atoms with van der Waals surface area (Å²) in [6.45, 7) is 1.90. The first kappa shape index (κ1) is 12.4. The van der Waals surface area contributed by atoms with Gasteiger partial charge in [-0.2, -0.15) is 0 Å². The van der Waals surface area contributed by atoms with Crippen LogP contribution in [0.1, 0.15) is 18.7 Å². The second-order valence-electron chi connectivity index (χ2n) is 4.93. The van der Waals surface area contributed by atoms with E-state index >= 15 is 0 Å². The molecule has 0 aliphatic carbocycles. The van der Waals surface area contributed by atoms with Crippen LogP contribution in [0.5, 0.6) is 0 Å². The lowest BCUT2D eigenvalue weighted by Gasteiger charge is -2.20. The van der Waals surface area contributed by atoms with Gasteiger partial charge in [-0.05, 0) is 19.4 Å². The fraction of sp³-hybridized carbons (Fsp3) is 0.400. The van der Waals surface area contributed by atoms with Gasteiger partial charge in [0.15, 0.2) is 5.76 Å². The fourth-order valence-corrected chi connectivity index (χ4v) is 2.60. The summed E-state index contributed by atoms with van der Waals surface area (Å²) in [5.74, 6) is 1.52. The fourth-order valence-electron chi connectivity index (χ4n) is 2.60. The Balaban J connectivity index is 1.72. The lowest BCUT2D eigenvalue weighted by atomic mass is 10.2. The maximum atomic E-state index is 9.30. The Kier molecular flexibility index (Phi) is 3.62. The molecule has 1 aromatic heterocycles. The number of likely N-dealkylation sites (tertiary alicyclic amines) is 1. The van der Waals surface area contributed by atoms with Crippen molar-refractivity contribution in [3.63, 3.8) is 0 Å². The van der Waals surface area contributed by atoms with E-state index in [1.54, 1.807) is 6.20 Å². The smallest absolute Gasteiger partial charge is 0.209 e. The highest BCUT2D eigenvalue weighted by molar-refractivity contribution is 5.55. The maximum absolute atomic E-state index is 9.30. The molecule has 3 rings (SSSR count). The summed E-state index contributed by atoms with van der Waals surface area (Å²) in [5.41, 5.74) is 1.04. The van der Waals surface area contributed by atoms with Gasteiger partial charge in [0.25, 0.3) is 0 Å². The van der Waals surface area contributed by atoms with E-state index in [4.69, 9.17) is 4.42 Å². The van der Waals surface area contributed by atoms with Gasteiger partial charge in [-0.15, -0.1) is 0 Å². The second kappa shape index (κ2) is 5.55. The first-order valence-electron chi connectivity index (χ1n) is 6.72. The summed E-state index contributed by atoms with van der Waals surface area (Å²) in [6.07, 6.45) is 3.97. The van der Waals surface area contributed by atoms with Gasteiger partial charge in [0.2, 0.25) is 5.89 Å². The normalized spacial score (nSPS) is 19.9. The van der Waals surface area contributed by atoms with E-state index in [1.807, 2.05) is 30.3 Å². The van der Waals surface area contributed by atoms with Crippen molar-refractivity contribution in [1.82, 2.24) is 9.88 Å². The van der Waals surface area contributed by atoms with Crippen LogP contribution in [-0.2, 0) is 6.54 Å². The number of hydrogen-bond acceptors (Lipinski definition) is 4. The van der Waals surface area contributed by atoms with Crippen molar-refractivity contribution in [2.75, 3.05) is 13.2 Å². The van der Waals surface area contributed by atoms with Crippen LogP contribution in [0.2, 0.25) is 0 Å². The molecule has 19 heavy (non-hydrogen) atoms. The molecule has 0 spiro atoms. The summed E-state index contributed by atoms with van der Waals surface area (Å²) in [4.78, 5) is 6.57. The largest absolute Gasteiger partial charge is 0.439 e. The molecule has 1 atom stereocenters. The molecule has 1 aromatic carbocycles. The van der Waals surface area contributed by atoms with Gasteiger partial charge in [-0.1, -0.05) is 30.3 Å². The Morgan fingerprint density at radius 2 is 2.16 bits per heavy atom. The van der Waals surface area contributed by atoms with E-state index < -0.39 is 0 Å². The van der Waals surface area contributed by atoms with E-state index in [0.717, 1.165) is 36.6 Å². The molecule has 2 heterocycles. The molecule has 2 aromatic rings. The molecule has 0 saturated carbocycles. The van der Waals surface area contributed by atoms with Crippen LogP contribution in [0.15, 0.2) is 40.9 Å². The van der Waals surface area contributed by atoms with Crippen molar-refractivity contribution in [2.24, 2.45) is 0 Å². The first-order chi connectivity index (χ1) is 9.36. The topological polar surface area (TPSA) is 49.5 Å². The molecule has 1 saturated heterocycles. The molecule has 1 fully saturated rings. The minimum absolute atomic E-state index is 0.215. The van der Waals surface area contributed by atoms with Crippen LogP contribution in [0.3, 0.4) is 0 Å². The van der Waals surface area contributed by atoms with Crippen LogP contribution < -0.4 is 0 Å². The maximum Gasteiger partial charge on any atom is 0.209 e. The highest BCUT2D eigenvalue weighted by atomic mass is 16.4. The van der Waals surface area contributed by atoms with E-state index in [-0.39, 0.29) is 12.6 Å². The molecule has 0 bridgehead atoms. The molecule has 1 aliphatic heterocycles. The SMILES string of the molecule is OC[C@@H]1CCCN1Cc1ncc(-c2ccccc2)o1. The molecule has 0 unspecified atom stereocenters. The molecule has 1 N–H and O–H groups in total. The minimum Gasteiger partial charge on any atom is -0.439 e. The van der Waals surface area contributed by atoms with Gasteiger partial charge in [0.1, 0.15) is 0 Å². The van der Waals surface area contributed by atoms with Gasteiger partial charge in [-0.25, -0.2) is 4.98 Å². The lowest BCUT2D eigenvalue weighted by molar-refractivity contribution is 0.144. The number of aromatic nitrogens is 1. The Morgan fingerprint density at radius 3 is 2.95 bits per heavy atom. The Bertz CT molecular complexity index is 524. The Hall–Kier alpha value is -1.65. The van der Waals surface area contributed by atoms with Crippen molar-refractivity contribution >= 4 is 0 Å². The van der Waals surface area contributed by atoms with Crippen molar-refractivity contribution in [3.8, 4) is 11.3 Å². The number of hydrogen-bond donors (Lipinski definition) is 1. The zero-order valence-corrected chi connectivity index (χ0v) is 10.8. The molecule has 4 heteroatoms. The van der Waals surface area contributed by atoms with Crippen molar-refractivity contribution in [2.45, 2.75) is 25.4 Å². The summed E-state index contributed by atoms with van der Waals surface area (Å²) in [7, 11) is 0. The van der Waals surface area contributed by atoms with Crippen LogP contribution in [0, 0.1) is 0 Å². The number of aliphatic hydroxyl groups is 1. The predicted molar refractivity (Wildman–Crippen MR) is 72.5 cm³/mol. The molecular weight excluding hydrogens is 240 g/mol. The van der Waals surface area contributed by atoms with Gasteiger partial charge < -0.3 is 9.52 Å². The summed E-state index contributed by atoms with van der Waals surface area (Å²) in [5, 5.41) is 9.30. The van der Waals surface area contributed by atoms with Gasteiger partial charge >= 0.3 is 0 Å². The van der Waals surface area contributed by atoms with Crippen molar-refractivity contribution in [3.05, 3.63) is 42.4 Å². The van der Waals surface area contributed by atoms with E-state index in [1.165, 1.54) is 0 Å². The van der Waals surface area contributed by atoms with Crippen molar-refractivity contribution in [1.29, 1.82) is 0 Å². The zero-order valence-electron chi connectivity index (χ0n) is 10.8. The third kappa shape index (κ3) is 2.69. The van der Waals surface area contributed by atoms with Crippen LogP contribution in [0.4, 0.5) is 0 Å². The summed E-state index contributed by atoms with van der Waals surface area (Å²) >= 11 is 0. The molecule has 0 radical (unpaired) electrons. The molecule has 1 aliphatic rings. The number of nitrogens with zero attached hydrogens (tertiary/aromatic N) is 2. The average Bonchev–Trinajstić information content (AvgIpc) is 3.09. The van der Waals surface area contributed by atoms with Crippen molar-refractivity contribution < 1.29 is 9.52 Å². The zero-order chi connectivity index (χ0) is 13.1. The van der Waals surface area contributed by atoms with Crippen LogP contribution in [-0.4, -0.2) is 34.2 Å². The highest BCUT2D eigenvalue weighted by Gasteiger charge is 2.25. The van der Waals surface area contributed by atoms with Crippen LogP contribution >= 0.6 is 0 Å².